The van der Waals surface area contributed by atoms with Crippen LogP contribution in [0.5, 0.6) is 0 Å². The van der Waals surface area contributed by atoms with Gasteiger partial charge in [0, 0.05) is 29.2 Å². The van der Waals surface area contributed by atoms with Crippen molar-refractivity contribution in [2.24, 2.45) is 0 Å². The Labute approximate surface area is 115 Å². The van der Waals surface area contributed by atoms with Gasteiger partial charge in [-0.15, -0.1) is 11.3 Å². The molecule has 96 valence electrons. The zero-order valence-electron chi connectivity index (χ0n) is 10.2. The Kier molecular flexibility index (Phi) is 4.32. The number of hydrogen-bond donors (Lipinski definition) is 1. The molecule has 0 aliphatic rings. The second kappa shape index (κ2) is 5.78. The standard InChI is InChI=1S/C13H14ClFN2S/c1-8(2)16-6-10-7-17-13(18-10)11-4-3-9(15)5-12(11)14/h3-5,7-8,16H,6H2,1-2H3. The first-order chi connectivity index (χ1) is 8.56. The molecule has 1 aromatic carbocycles. The molecule has 0 bridgehead atoms. The number of benzene rings is 1. The maximum Gasteiger partial charge on any atom is 0.125 e. The summed E-state index contributed by atoms with van der Waals surface area (Å²) in [7, 11) is 0. The van der Waals surface area contributed by atoms with Crippen LogP contribution in [0.25, 0.3) is 10.6 Å². The lowest BCUT2D eigenvalue weighted by Gasteiger charge is -2.04. The van der Waals surface area contributed by atoms with Crippen LogP contribution in [-0.2, 0) is 6.54 Å². The van der Waals surface area contributed by atoms with Gasteiger partial charge in [0.2, 0.25) is 0 Å². The average Bonchev–Trinajstić information content (AvgIpc) is 2.75. The lowest BCUT2D eigenvalue weighted by atomic mass is 10.2. The van der Waals surface area contributed by atoms with Gasteiger partial charge in [0.15, 0.2) is 0 Å². The van der Waals surface area contributed by atoms with Crippen LogP contribution in [0.2, 0.25) is 5.02 Å². The van der Waals surface area contributed by atoms with E-state index in [9.17, 15) is 4.39 Å². The molecule has 1 N–H and O–H groups in total. The van der Waals surface area contributed by atoms with Crippen LogP contribution in [0, 0.1) is 5.82 Å². The minimum Gasteiger partial charge on any atom is -0.310 e. The normalized spacial score (nSPS) is 11.2. The number of nitrogens with one attached hydrogen (secondary N) is 1. The van der Waals surface area contributed by atoms with Gasteiger partial charge >= 0.3 is 0 Å². The largest absolute Gasteiger partial charge is 0.310 e. The SMILES string of the molecule is CC(C)NCc1cnc(-c2ccc(F)cc2Cl)s1. The van der Waals surface area contributed by atoms with Crippen LogP contribution in [0.1, 0.15) is 18.7 Å². The van der Waals surface area contributed by atoms with E-state index in [0.29, 0.717) is 11.1 Å². The van der Waals surface area contributed by atoms with E-state index < -0.39 is 0 Å². The summed E-state index contributed by atoms with van der Waals surface area (Å²) in [5.41, 5.74) is 0.777. The molecule has 0 unspecified atom stereocenters. The highest BCUT2D eigenvalue weighted by Crippen LogP contribution is 2.31. The monoisotopic (exact) mass is 284 g/mol. The Hall–Kier alpha value is -0.970. The second-order valence-electron chi connectivity index (χ2n) is 4.29. The molecule has 0 fully saturated rings. The van der Waals surface area contributed by atoms with E-state index in [-0.39, 0.29) is 5.82 Å². The molecule has 0 amide bonds. The van der Waals surface area contributed by atoms with Gasteiger partial charge in [0.1, 0.15) is 10.8 Å². The maximum absolute atomic E-state index is 13.0. The fraction of sp³-hybridized carbons (Fsp3) is 0.308. The van der Waals surface area contributed by atoms with Crippen LogP contribution in [0.4, 0.5) is 4.39 Å². The van der Waals surface area contributed by atoms with Crippen LogP contribution >= 0.6 is 22.9 Å². The molecule has 18 heavy (non-hydrogen) atoms. The third-order valence-electron chi connectivity index (χ3n) is 2.40. The van der Waals surface area contributed by atoms with Crippen molar-refractivity contribution < 1.29 is 4.39 Å². The molecule has 5 heteroatoms. The molecular formula is C13H14ClFN2S. The van der Waals surface area contributed by atoms with Gasteiger partial charge in [-0.05, 0) is 18.2 Å². The fourth-order valence-electron chi connectivity index (χ4n) is 1.48. The topological polar surface area (TPSA) is 24.9 Å². The molecule has 2 nitrogen and oxygen atoms in total. The molecule has 1 heterocycles. The van der Waals surface area contributed by atoms with E-state index in [1.54, 1.807) is 17.4 Å². The van der Waals surface area contributed by atoms with Gasteiger partial charge in [0.25, 0.3) is 0 Å². The zero-order valence-corrected chi connectivity index (χ0v) is 11.8. The van der Waals surface area contributed by atoms with Gasteiger partial charge in [-0.3, -0.25) is 0 Å². The number of rotatable bonds is 4. The summed E-state index contributed by atoms with van der Waals surface area (Å²) in [5.74, 6) is -0.331. The quantitative estimate of drug-likeness (QED) is 0.914. The Balaban J connectivity index is 2.18. The van der Waals surface area contributed by atoms with Crippen LogP contribution in [0.15, 0.2) is 24.4 Å². The van der Waals surface area contributed by atoms with Crippen LogP contribution in [-0.4, -0.2) is 11.0 Å². The number of nitrogens with zero attached hydrogens (tertiary/aromatic N) is 1. The van der Waals surface area contributed by atoms with Gasteiger partial charge in [-0.25, -0.2) is 9.37 Å². The lowest BCUT2D eigenvalue weighted by molar-refractivity contribution is 0.593. The van der Waals surface area contributed by atoms with E-state index in [4.69, 9.17) is 11.6 Å². The lowest BCUT2D eigenvalue weighted by Crippen LogP contribution is -2.21. The van der Waals surface area contributed by atoms with Crippen molar-refractivity contribution in [3.05, 3.63) is 40.1 Å². The van der Waals surface area contributed by atoms with Gasteiger partial charge in [0.05, 0.1) is 5.02 Å². The van der Waals surface area contributed by atoms with Gasteiger partial charge < -0.3 is 5.32 Å². The molecule has 2 aromatic rings. The molecule has 1 aromatic heterocycles. The molecule has 0 saturated heterocycles. The number of halogens is 2. The molecule has 0 aliphatic carbocycles. The van der Waals surface area contributed by atoms with E-state index in [2.05, 4.69) is 24.1 Å². The summed E-state index contributed by atoms with van der Waals surface area (Å²) in [6.07, 6.45) is 1.83. The molecule has 0 aliphatic heterocycles. The first kappa shape index (κ1) is 13.5. The van der Waals surface area contributed by atoms with E-state index in [1.807, 2.05) is 6.20 Å². The Morgan fingerprint density at radius 2 is 2.22 bits per heavy atom. The smallest absolute Gasteiger partial charge is 0.125 e. The number of thiazole rings is 1. The predicted molar refractivity (Wildman–Crippen MR) is 74.5 cm³/mol. The Morgan fingerprint density at radius 3 is 2.89 bits per heavy atom. The minimum absolute atomic E-state index is 0.331. The summed E-state index contributed by atoms with van der Waals surface area (Å²) in [6.45, 7) is 4.98. The summed E-state index contributed by atoms with van der Waals surface area (Å²) in [6, 6.07) is 4.81. The fourth-order valence-corrected chi connectivity index (χ4v) is 2.70. The highest BCUT2D eigenvalue weighted by Gasteiger charge is 2.09. The van der Waals surface area contributed by atoms with Crippen molar-refractivity contribution in [1.29, 1.82) is 0 Å². The third kappa shape index (κ3) is 3.28. The highest BCUT2D eigenvalue weighted by atomic mass is 35.5. The molecule has 2 rings (SSSR count). The first-order valence-electron chi connectivity index (χ1n) is 5.70. The first-order valence-corrected chi connectivity index (χ1v) is 6.89. The Bertz CT molecular complexity index is 540. The van der Waals surface area contributed by atoms with Crippen molar-refractivity contribution >= 4 is 22.9 Å². The van der Waals surface area contributed by atoms with Gasteiger partial charge in [-0.1, -0.05) is 25.4 Å². The maximum atomic E-state index is 13.0. The Morgan fingerprint density at radius 1 is 1.44 bits per heavy atom. The second-order valence-corrected chi connectivity index (χ2v) is 5.81. The van der Waals surface area contributed by atoms with Crippen molar-refractivity contribution in [1.82, 2.24) is 10.3 Å². The highest BCUT2D eigenvalue weighted by molar-refractivity contribution is 7.15. The molecular weight excluding hydrogens is 271 g/mol. The summed E-state index contributed by atoms with van der Waals surface area (Å²) in [5, 5.41) is 4.54. The van der Waals surface area contributed by atoms with Crippen LogP contribution < -0.4 is 5.32 Å². The van der Waals surface area contributed by atoms with E-state index >= 15 is 0 Å². The minimum atomic E-state index is -0.331. The molecule has 0 spiro atoms. The summed E-state index contributed by atoms with van der Waals surface area (Å²) >= 11 is 7.58. The van der Waals surface area contributed by atoms with E-state index in [0.717, 1.165) is 22.0 Å². The summed E-state index contributed by atoms with van der Waals surface area (Å²) in [4.78, 5) is 5.46. The number of hydrogen-bond acceptors (Lipinski definition) is 3. The predicted octanol–water partition coefficient (Wildman–Crippen LogP) is 4.10. The number of aromatic nitrogens is 1. The zero-order chi connectivity index (χ0) is 13.1. The van der Waals surface area contributed by atoms with Crippen LogP contribution in [0.3, 0.4) is 0 Å². The van der Waals surface area contributed by atoms with Crippen molar-refractivity contribution in [3.8, 4) is 10.6 Å². The van der Waals surface area contributed by atoms with Crippen molar-refractivity contribution in [3.63, 3.8) is 0 Å². The third-order valence-corrected chi connectivity index (χ3v) is 3.74. The molecule has 0 atom stereocenters. The van der Waals surface area contributed by atoms with Gasteiger partial charge in [-0.2, -0.15) is 0 Å². The molecule has 0 radical (unpaired) electrons. The van der Waals surface area contributed by atoms with Crippen molar-refractivity contribution in [2.75, 3.05) is 0 Å². The van der Waals surface area contributed by atoms with Crippen molar-refractivity contribution in [2.45, 2.75) is 26.4 Å². The van der Waals surface area contributed by atoms with E-state index in [1.165, 1.54) is 12.1 Å². The molecule has 0 saturated carbocycles. The average molecular weight is 285 g/mol. The summed E-state index contributed by atoms with van der Waals surface area (Å²) < 4.78 is 13.0.